The Bertz CT molecular complexity index is 120. The standard InChI is InChI=1S/C9H20N2S/c1-9(2)8-10-4-6-11(12-3)7-5-10/h9H,4-8H2,1-3H3. The van der Waals surface area contributed by atoms with Crippen LogP contribution in [0.5, 0.6) is 0 Å². The Labute approximate surface area is 80.4 Å². The maximum atomic E-state index is 2.57. The van der Waals surface area contributed by atoms with Crippen molar-refractivity contribution in [3.8, 4) is 0 Å². The third-order valence-electron chi connectivity index (χ3n) is 2.21. The van der Waals surface area contributed by atoms with E-state index in [-0.39, 0.29) is 0 Å². The molecule has 0 saturated carbocycles. The maximum absolute atomic E-state index is 2.57. The maximum Gasteiger partial charge on any atom is 0.0218 e. The predicted octanol–water partition coefficient (Wildman–Crippen LogP) is 1.54. The molecule has 0 aromatic rings. The summed E-state index contributed by atoms with van der Waals surface area (Å²) in [6.07, 6.45) is 2.16. The molecule has 1 heterocycles. The molecule has 2 nitrogen and oxygen atoms in total. The Morgan fingerprint density at radius 1 is 1.17 bits per heavy atom. The summed E-state index contributed by atoms with van der Waals surface area (Å²) >= 11 is 1.87. The lowest BCUT2D eigenvalue weighted by molar-refractivity contribution is 0.179. The Balaban J connectivity index is 2.17. The average molecular weight is 188 g/mol. The van der Waals surface area contributed by atoms with Gasteiger partial charge in [0.05, 0.1) is 0 Å². The molecule has 1 rings (SSSR count). The van der Waals surface area contributed by atoms with E-state index in [1.54, 1.807) is 0 Å². The molecule has 12 heavy (non-hydrogen) atoms. The third-order valence-corrected chi connectivity index (χ3v) is 3.09. The van der Waals surface area contributed by atoms with Crippen LogP contribution in [-0.2, 0) is 0 Å². The van der Waals surface area contributed by atoms with Crippen LogP contribution in [0.3, 0.4) is 0 Å². The summed E-state index contributed by atoms with van der Waals surface area (Å²) < 4.78 is 2.44. The van der Waals surface area contributed by atoms with E-state index < -0.39 is 0 Å². The van der Waals surface area contributed by atoms with Crippen molar-refractivity contribution in [3.05, 3.63) is 0 Å². The molecule has 0 amide bonds. The van der Waals surface area contributed by atoms with Crippen molar-refractivity contribution in [3.63, 3.8) is 0 Å². The van der Waals surface area contributed by atoms with Crippen LogP contribution in [0.25, 0.3) is 0 Å². The van der Waals surface area contributed by atoms with Crippen molar-refractivity contribution >= 4 is 11.9 Å². The molecule has 1 saturated heterocycles. The van der Waals surface area contributed by atoms with E-state index in [2.05, 4.69) is 29.3 Å². The smallest absolute Gasteiger partial charge is 0.0218 e. The molecule has 1 fully saturated rings. The zero-order valence-electron chi connectivity index (χ0n) is 8.42. The Hall–Kier alpha value is 0.270. The molecular weight excluding hydrogens is 168 g/mol. The summed E-state index contributed by atoms with van der Waals surface area (Å²) in [5.74, 6) is 0.811. The lowest BCUT2D eigenvalue weighted by atomic mass is 10.2. The SMILES string of the molecule is CSN1CCN(CC(C)C)CC1. The number of hydrogen-bond acceptors (Lipinski definition) is 3. The van der Waals surface area contributed by atoms with Gasteiger partial charge in [0.15, 0.2) is 0 Å². The van der Waals surface area contributed by atoms with E-state index in [4.69, 9.17) is 0 Å². The van der Waals surface area contributed by atoms with Gasteiger partial charge < -0.3 is 4.90 Å². The summed E-state index contributed by atoms with van der Waals surface area (Å²) in [5.41, 5.74) is 0. The van der Waals surface area contributed by atoms with Gasteiger partial charge in [-0.2, -0.15) is 0 Å². The molecule has 1 aliphatic heterocycles. The summed E-state index contributed by atoms with van der Waals surface area (Å²) in [7, 11) is 0. The monoisotopic (exact) mass is 188 g/mol. The van der Waals surface area contributed by atoms with Crippen LogP contribution in [0.2, 0.25) is 0 Å². The predicted molar refractivity (Wildman–Crippen MR) is 56.4 cm³/mol. The molecule has 3 heteroatoms. The first-order valence-corrected chi connectivity index (χ1v) is 5.92. The summed E-state index contributed by atoms with van der Waals surface area (Å²) in [6, 6.07) is 0. The minimum atomic E-state index is 0.811. The average Bonchev–Trinajstić information content (AvgIpc) is 2.05. The normalized spacial score (nSPS) is 22.0. The molecule has 0 aliphatic carbocycles. The van der Waals surface area contributed by atoms with Gasteiger partial charge in [-0.3, -0.25) is 0 Å². The van der Waals surface area contributed by atoms with Gasteiger partial charge in [-0.1, -0.05) is 25.8 Å². The van der Waals surface area contributed by atoms with Crippen LogP contribution < -0.4 is 0 Å². The highest BCUT2D eigenvalue weighted by Gasteiger charge is 2.15. The van der Waals surface area contributed by atoms with Crippen LogP contribution in [0.15, 0.2) is 0 Å². The molecule has 0 atom stereocenters. The molecule has 0 N–H and O–H groups in total. The van der Waals surface area contributed by atoms with Crippen LogP contribution in [-0.4, -0.2) is 48.2 Å². The molecule has 0 radical (unpaired) electrons. The van der Waals surface area contributed by atoms with Crippen LogP contribution >= 0.6 is 11.9 Å². The van der Waals surface area contributed by atoms with Crippen molar-refractivity contribution in [2.45, 2.75) is 13.8 Å². The van der Waals surface area contributed by atoms with Gasteiger partial charge >= 0.3 is 0 Å². The quantitative estimate of drug-likeness (QED) is 0.620. The Morgan fingerprint density at radius 2 is 1.75 bits per heavy atom. The van der Waals surface area contributed by atoms with Crippen molar-refractivity contribution in [1.29, 1.82) is 0 Å². The van der Waals surface area contributed by atoms with Gasteiger partial charge in [0, 0.05) is 32.7 Å². The van der Waals surface area contributed by atoms with Gasteiger partial charge in [0.1, 0.15) is 0 Å². The molecule has 0 aromatic carbocycles. The van der Waals surface area contributed by atoms with Crippen molar-refractivity contribution in [2.24, 2.45) is 5.92 Å². The minimum Gasteiger partial charge on any atom is -0.300 e. The highest BCUT2D eigenvalue weighted by atomic mass is 32.2. The zero-order chi connectivity index (χ0) is 8.97. The van der Waals surface area contributed by atoms with Gasteiger partial charge in [-0.25, -0.2) is 4.31 Å². The van der Waals surface area contributed by atoms with E-state index in [1.807, 2.05) is 11.9 Å². The van der Waals surface area contributed by atoms with Gasteiger partial charge in [-0.15, -0.1) is 0 Å². The van der Waals surface area contributed by atoms with Crippen LogP contribution in [0, 0.1) is 5.92 Å². The molecule has 72 valence electrons. The van der Waals surface area contributed by atoms with Crippen LogP contribution in [0.4, 0.5) is 0 Å². The Kier molecular flexibility index (Phi) is 4.40. The van der Waals surface area contributed by atoms with Gasteiger partial charge in [-0.05, 0) is 12.2 Å². The number of nitrogens with zero attached hydrogens (tertiary/aromatic N) is 2. The lowest BCUT2D eigenvalue weighted by Crippen LogP contribution is -2.44. The summed E-state index contributed by atoms with van der Waals surface area (Å²) in [5, 5.41) is 0. The first-order valence-electron chi connectivity index (χ1n) is 4.73. The Morgan fingerprint density at radius 3 is 2.17 bits per heavy atom. The van der Waals surface area contributed by atoms with E-state index in [9.17, 15) is 0 Å². The number of piperazine rings is 1. The fourth-order valence-corrected chi connectivity index (χ4v) is 2.14. The first kappa shape index (κ1) is 10.4. The fourth-order valence-electron chi connectivity index (χ4n) is 1.61. The van der Waals surface area contributed by atoms with Crippen molar-refractivity contribution in [1.82, 2.24) is 9.21 Å². The largest absolute Gasteiger partial charge is 0.300 e. The van der Waals surface area contributed by atoms with E-state index in [1.165, 1.54) is 32.7 Å². The van der Waals surface area contributed by atoms with E-state index in [0.29, 0.717) is 0 Å². The highest BCUT2D eigenvalue weighted by molar-refractivity contribution is 7.96. The molecule has 0 spiro atoms. The van der Waals surface area contributed by atoms with Gasteiger partial charge in [0.2, 0.25) is 0 Å². The van der Waals surface area contributed by atoms with Crippen molar-refractivity contribution in [2.75, 3.05) is 39.0 Å². The summed E-state index contributed by atoms with van der Waals surface area (Å²) in [4.78, 5) is 2.57. The molecule has 0 aromatic heterocycles. The van der Waals surface area contributed by atoms with E-state index in [0.717, 1.165) is 5.92 Å². The first-order chi connectivity index (χ1) is 5.72. The third kappa shape index (κ3) is 3.33. The second-order valence-corrected chi connectivity index (χ2v) is 4.69. The van der Waals surface area contributed by atoms with Gasteiger partial charge in [0.25, 0.3) is 0 Å². The lowest BCUT2D eigenvalue weighted by Gasteiger charge is -2.34. The van der Waals surface area contributed by atoms with Crippen molar-refractivity contribution < 1.29 is 0 Å². The van der Waals surface area contributed by atoms with Crippen LogP contribution in [0.1, 0.15) is 13.8 Å². The molecule has 0 unspecified atom stereocenters. The number of rotatable bonds is 3. The second-order valence-electron chi connectivity index (χ2n) is 3.81. The van der Waals surface area contributed by atoms with E-state index >= 15 is 0 Å². The minimum absolute atomic E-state index is 0.811. The molecule has 1 aliphatic rings. The second kappa shape index (κ2) is 5.10. The molecule has 0 bridgehead atoms. The highest BCUT2D eigenvalue weighted by Crippen LogP contribution is 2.10. The number of hydrogen-bond donors (Lipinski definition) is 0. The topological polar surface area (TPSA) is 6.48 Å². The zero-order valence-corrected chi connectivity index (χ0v) is 9.23. The molecular formula is C9H20N2S. The summed E-state index contributed by atoms with van der Waals surface area (Å²) in [6.45, 7) is 10.8. The fraction of sp³-hybridized carbons (Fsp3) is 1.00.